The molecule has 1 aromatic heterocycles. The Kier molecular flexibility index (Phi) is 2.93. The Morgan fingerprint density at radius 3 is 2.80 bits per heavy atom. The van der Waals surface area contributed by atoms with Crippen molar-refractivity contribution in [2.45, 2.75) is 25.8 Å². The Bertz CT molecular complexity index is 339. The van der Waals surface area contributed by atoms with E-state index < -0.39 is 0 Å². The molecule has 0 spiro atoms. The fourth-order valence-electron chi connectivity index (χ4n) is 2.61. The van der Waals surface area contributed by atoms with Crippen molar-refractivity contribution in [3.8, 4) is 0 Å². The number of aromatic nitrogens is 4. The lowest BCUT2D eigenvalue weighted by molar-refractivity contribution is 0.340. The van der Waals surface area contributed by atoms with Crippen molar-refractivity contribution >= 4 is 12.4 Å². The minimum absolute atomic E-state index is 0. The van der Waals surface area contributed by atoms with E-state index >= 15 is 0 Å². The molecule has 0 N–H and O–H groups in total. The molecule has 2 bridgehead atoms. The van der Waals surface area contributed by atoms with Crippen LogP contribution in [0.15, 0.2) is 0 Å². The monoisotopic (exact) mass is 229 g/mol. The van der Waals surface area contributed by atoms with Crippen molar-refractivity contribution in [2.75, 3.05) is 19.6 Å². The number of tetrazole rings is 1. The smallest absolute Gasteiger partial charge is 0.179 e. The van der Waals surface area contributed by atoms with Gasteiger partial charge in [0.1, 0.15) is 0 Å². The van der Waals surface area contributed by atoms with Crippen molar-refractivity contribution in [3.63, 3.8) is 0 Å². The lowest BCUT2D eigenvalue weighted by atomic mass is 9.92. The van der Waals surface area contributed by atoms with Gasteiger partial charge in [0.05, 0.1) is 6.54 Å². The van der Waals surface area contributed by atoms with Gasteiger partial charge < -0.3 is 4.90 Å². The largest absolute Gasteiger partial charge is 0.302 e. The van der Waals surface area contributed by atoms with Crippen LogP contribution >= 0.6 is 12.4 Å². The molecule has 0 aliphatic carbocycles. The maximum atomic E-state index is 4.40. The van der Waals surface area contributed by atoms with Crippen molar-refractivity contribution < 1.29 is 0 Å². The van der Waals surface area contributed by atoms with E-state index in [1.165, 1.54) is 19.5 Å². The molecular weight excluding hydrogens is 214 g/mol. The number of hydrogen-bond donors (Lipinski definition) is 0. The SMILES string of the molecule is CCn1nnc(C2CN3CCC2C3)n1.Cl. The molecule has 6 heteroatoms. The highest BCUT2D eigenvalue weighted by Gasteiger charge is 2.40. The molecule has 0 amide bonds. The molecule has 3 heterocycles. The maximum Gasteiger partial charge on any atom is 0.179 e. The lowest BCUT2D eigenvalue weighted by Gasteiger charge is -2.18. The minimum Gasteiger partial charge on any atom is -0.302 e. The van der Waals surface area contributed by atoms with Crippen LogP contribution in [0.25, 0.3) is 0 Å². The molecule has 1 aromatic rings. The van der Waals surface area contributed by atoms with Gasteiger partial charge in [-0.2, -0.15) is 4.80 Å². The molecule has 0 saturated carbocycles. The summed E-state index contributed by atoms with van der Waals surface area (Å²) in [5.74, 6) is 2.28. The fourth-order valence-corrected chi connectivity index (χ4v) is 2.61. The molecule has 5 nitrogen and oxygen atoms in total. The van der Waals surface area contributed by atoms with Gasteiger partial charge in [0.2, 0.25) is 0 Å². The summed E-state index contributed by atoms with van der Waals surface area (Å²) >= 11 is 0. The van der Waals surface area contributed by atoms with Crippen LogP contribution in [0.5, 0.6) is 0 Å². The van der Waals surface area contributed by atoms with Gasteiger partial charge in [-0.15, -0.1) is 22.6 Å². The fraction of sp³-hybridized carbons (Fsp3) is 0.889. The third kappa shape index (κ3) is 1.74. The van der Waals surface area contributed by atoms with Crippen molar-refractivity contribution in [3.05, 3.63) is 5.82 Å². The first-order valence-corrected chi connectivity index (χ1v) is 5.37. The number of rotatable bonds is 2. The van der Waals surface area contributed by atoms with Gasteiger partial charge in [0.25, 0.3) is 0 Å². The molecule has 3 rings (SSSR count). The summed E-state index contributed by atoms with van der Waals surface area (Å²) in [6.45, 7) is 6.50. The molecule has 15 heavy (non-hydrogen) atoms. The predicted octanol–water partition coefficient (Wildman–Crippen LogP) is 0.534. The zero-order chi connectivity index (χ0) is 9.54. The van der Waals surface area contributed by atoms with E-state index in [2.05, 4.69) is 20.3 Å². The van der Waals surface area contributed by atoms with E-state index in [1.807, 2.05) is 6.92 Å². The van der Waals surface area contributed by atoms with Crippen LogP contribution < -0.4 is 0 Å². The Morgan fingerprint density at radius 1 is 1.40 bits per heavy atom. The number of piperidine rings is 1. The van der Waals surface area contributed by atoms with Gasteiger partial charge >= 0.3 is 0 Å². The number of fused-ring (bicyclic) bond motifs is 2. The first-order chi connectivity index (χ1) is 6.86. The highest BCUT2D eigenvalue weighted by Crippen LogP contribution is 2.37. The van der Waals surface area contributed by atoms with Gasteiger partial charge in [0.15, 0.2) is 5.82 Å². The van der Waals surface area contributed by atoms with Crippen molar-refractivity contribution in [1.82, 2.24) is 25.1 Å². The topological polar surface area (TPSA) is 46.8 Å². The Morgan fingerprint density at radius 2 is 2.27 bits per heavy atom. The third-order valence-electron chi connectivity index (χ3n) is 3.42. The predicted molar refractivity (Wildman–Crippen MR) is 58.0 cm³/mol. The zero-order valence-electron chi connectivity index (χ0n) is 8.83. The second-order valence-corrected chi connectivity index (χ2v) is 4.25. The van der Waals surface area contributed by atoms with Crippen molar-refractivity contribution in [2.24, 2.45) is 5.92 Å². The first kappa shape index (κ1) is 10.8. The van der Waals surface area contributed by atoms with Crippen LogP contribution in [0.1, 0.15) is 25.1 Å². The van der Waals surface area contributed by atoms with E-state index in [0.717, 1.165) is 24.8 Å². The molecule has 2 fully saturated rings. The number of nitrogens with zero attached hydrogens (tertiary/aromatic N) is 5. The lowest BCUT2D eigenvalue weighted by Crippen LogP contribution is -2.23. The van der Waals surface area contributed by atoms with Crippen LogP contribution in [0.2, 0.25) is 0 Å². The molecular formula is C9H16ClN5. The molecule has 84 valence electrons. The maximum absolute atomic E-state index is 4.40. The number of halogens is 1. The zero-order valence-corrected chi connectivity index (χ0v) is 9.65. The van der Waals surface area contributed by atoms with E-state index in [9.17, 15) is 0 Å². The standard InChI is InChI=1S/C9H15N5.ClH/c1-2-14-11-9(10-12-14)8-6-13-4-3-7(8)5-13;/h7-8H,2-6H2,1H3;1H. The van der Waals surface area contributed by atoms with Gasteiger partial charge in [-0.3, -0.25) is 0 Å². The number of hydrogen-bond acceptors (Lipinski definition) is 4. The second kappa shape index (κ2) is 4.06. The molecule has 3 unspecified atom stereocenters. The molecule has 3 atom stereocenters. The summed E-state index contributed by atoms with van der Waals surface area (Å²) in [6, 6.07) is 0. The van der Waals surface area contributed by atoms with E-state index in [0.29, 0.717) is 5.92 Å². The van der Waals surface area contributed by atoms with Crippen LogP contribution in [-0.2, 0) is 6.54 Å². The molecule has 2 saturated heterocycles. The normalized spacial score (nSPS) is 33.0. The minimum atomic E-state index is 0. The van der Waals surface area contributed by atoms with E-state index in [-0.39, 0.29) is 12.4 Å². The highest BCUT2D eigenvalue weighted by molar-refractivity contribution is 5.85. The van der Waals surface area contributed by atoms with E-state index in [4.69, 9.17) is 0 Å². The summed E-state index contributed by atoms with van der Waals surface area (Å²) in [6.07, 6.45) is 1.31. The summed E-state index contributed by atoms with van der Waals surface area (Å²) in [7, 11) is 0. The Hall–Kier alpha value is -0.680. The Labute approximate surface area is 95.2 Å². The Balaban J connectivity index is 0.000000853. The molecule has 0 radical (unpaired) electrons. The molecule has 0 aromatic carbocycles. The summed E-state index contributed by atoms with van der Waals surface area (Å²) in [4.78, 5) is 4.18. The van der Waals surface area contributed by atoms with Crippen LogP contribution in [0, 0.1) is 5.92 Å². The van der Waals surface area contributed by atoms with Gasteiger partial charge in [0, 0.05) is 19.0 Å². The quantitative estimate of drug-likeness (QED) is 0.743. The van der Waals surface area contributed by atoms with Crippen LogP contribution in [0.3, 0.4) is 0 Å². The molecule has 2 aliphatic rings. The summed E-state index contributed by atoms with van der Waals surface area (Å²) < 4.78 is 0. The second-order valence-electron chi connectivity index (χ2n) is 4.25. The first-order valence-electron chi connectivity index (χ1n) is 5.37. The summed E-state index contributed by atoms with van der Waals surface area (Å²) in [5, 5.41) is 12.6. The third-order valence-corrected chi connectivity index (χ3v) is 3.42. The average molecular weight is 230 g/mol. The van der Waals surface area contributed by atoms with Gasteiger partial charge in [-0.1, -0.05) is 0 Å². The summed E-state index contributed by atoms with van der Waals surface area (Å²) in [5.41, 5.74) is 0. The van der Waals surface area contributed by atoms with Gasteiger partial charge in [-0.05, 0) is 31.0 Å². The van der Waals surface area contributed by atoms with Gasteiger partial charge in [-0.25, -0.2) is 0 Å². The molecule has 2 aliphatic heterocycles. The highest BCUT2D eigenvalue weighted by atomic mass is 35.5. The van der Waals surface area contributed by atoms with Crippen molar-refractivity contribution in [1.29, 1.82) is 0 Å². The van der Waals surface area contributed by atoms with E-state index in [1.54, 1.807) is 4.80 Å². The average Bonchev–Trinajstić information content (AvgIpc) is 2.93. The van der Waals surface area contributed by atoms with Crippen LogP contribution in [0.4, 0.5) is 0 Å². The van der Waals surface area contributed by atoms with Crippen LogP contribution in [-0.4, -0.2) is 44.7 Å². The number of aryl methyl sites for hydroxylation is 1.